The zero-order valence-electron chi connectivity index (χ0n) is 13.3. The highest BCUT2D eigenvalue weighted by atomic mass is 16.2. The highest BCUT2D eigenvalue weighted by Gasteiger charge is 2.52. The fraction of sp³-hybridized carbons (Fsp3) is 0.600. The number of amides is 4. The van der Waals surface area contributed by atoms with Gasteiger partial charge in [-0.15, -0.1) is 0 Å². The van der Waals surface area contributed by atoms with Crippen LogP contribution in [-0.4, -0.2) is 37.9 Å². The van der Waals surface area contributed by atoms with Crippen molar-refractivity contribution in [2.75, 3.05) is 0 Å². The number of hydrogen-bond acceptors (Lipinski definition) is 4. The van der Waals surface area contributed by atoms with Crippen LogP contribution < -0.4 is 10.7 Å². The Bertz CT molecular complexity index is 645. The van der Waals surface area contributed by atoms with E-state index in [1.54, 1.807) is 23.9 Å². The molecule has 8 nitrogen and oxygen atoms in total. The van der Waals surface area contributed by atoms with Crippen molar-refractivity contribution in [1.29, 1.82) is 0 Å². The molecule has 3 rings (SSSR count). The Balaban J connectivity index is 1.66. The van der Waals surface area contributed by atoms with Crippen LogP contribution >= 0.6 is 0 Å². The number of imide groups is 1. The molecule has 1 spiro atoms. The van der Waals surface area contributed by atoms with E-state index in [4.69, 9.17) is 0 Å². The van der Waals surface area contributed by atoms with Crippen molar-refractivity contribution in [3.8, 4) is 0 Å². The lowest BCUT2D eigenvalue weighted by molar-refractivity contribution is -0.140. The van der Waals surface area contributed by atoms with E-state index in [9.17, 15) is 14.4 Å². The summed E-state index contributed by atoms with van der Waals surface area (Å²) in [4.78, 5) is 40.8. The molecule has 1 aliphatic heterocycles. The third-order valence-electron chi connectivity index (χ3n) is 4.76. The first-order valence-corrected chi connectivity index (χ1v) is 7.85. The van der Waals surface area contributed by atoms with Gasteiger partial charge in [-0.05, 0) is 38.5 Å². The molecular formula is C15H21N5O3. The zero-order valence-corrected chi connectivity index (χ0v) is 13.3. The van der Waals surface area contributed by atoms with Crippen molar-refractivity contribution in [3.63, 3.8) is 0 Å². The number of nitrogens with zero attached hydrogens (tertiary/aromatic N) is 3. The second-order valence-electron chi connectivity index (χ2n) is 6.47. The molecule has 2 fully saturated rings. The van der Waals surface area contributed by atoms with Gasteiger partial charge in [0.15, 0.2) is 0 Å². The van der Waals surface area contributed by atoms with Gasteiger partial charge in [-0.25, -0.2) is 9.78 Å². The van der Waals surface area contributed by atoms with Gasteiger partial charge in [0.25, 0.3) is 11.8 Å². The predicted octanol–water partition coefficient (Wildman–Crippen LogP) is 0.723. The lowest BCUT2D eigenvalue weighted by Gasteiger charge is -2.33. The molecule has 8 heteroatoms. The summed E-state index contributed by atoms with van der Waals surface area (Å²) >= 11 is 0. The Kier molecular flexibility index (Phi) is 3.83. The number of aryl methyl sites for hydroxylation is 1. The minimum absolute atomic E-state index is 0.00687. The first kappa shape index (κ1) is 15.5. The highest BCUT2D eigenvalue weighted by molar-refractivity contribution is 6.07. The Hall–Kier alpha value is -2.38. The molecule has 1 aromatic rings. The van der Waals surface area contributed by atoms with Gasteiger partial charge in [0.2, 0.25) is 0 Å². The second-order valence-corrected chi connectivity index (χ2v) is 6.47. The van der Waals surface area contributed by atoms with E-state index in [0.29, 0.717) is 24.6 Å². The van der Waals surface area contributed by atoms with Crippen molar-refractivity contribution in [2.24, 2.45) is 5.92 Å². The average molecular weight is 319 g/mol. The standard InChI is InChI=1S/C15H21N5O3/c1-10-3-5-15(6-4-10)13(22)20(14(23)17-15)18-12(21)9-19-8-7-16-11(19)2/h7-8,10H,3-6,9H2,1-2H3,(H,17,23)(H,18,21). The van der Waals surface area contributed by atoms with E-state index in [1.165, 1.54) is 0 Å². The van der Waals surface area contributed by atoms with Crippen LogP contribution in [-0.2, 0) is 16.1 Å². The molecule has 1 saturated carbocycles. The fourth-order valence-electron chi connectivity index (χ4n) is 3.20. The summed E-state index contributed by atoms with van der Waals surface area (Å²) in [6.07, 6.45) is 6.28. The Morgan fingerprint density at radius 3 is 2.74 bits per heavy atom. The highest BCUT2D eigenvalue weighted by Crippen LogP contribution is 2.35. The third kappa shape index (κ3) is 2.80. The summed E-state index contributed by atoms with van der Waals surface area (Å²) in [5.74, 6) is 0.453. The fourth-order valence-corrected chi connectivity index (χ4v) is 3.20. The van der Waals surface area contributed by atoms with Gasteiger partial charge >= 0.3 is 6.03 Å². The van der Waals surface area contributed by atoms with E-state index < -0.39 is 17.5 Å². The lowest BCUT2D eigenvalue weighted by atomic mass is 9.77. The molecule has 0 atom stereocenters. The van der Waals surface area contributed by atoms with Crippen molar-refractivity contribution >= 4 is 17.8 Å². The molecule has 0 bridgehead atoms. The number of carbonyl (C=O) groups excluding carboxylic acids is 3. The number of carbonyl (C=O) groups is 3. The molecule has 2 aliphatic rings. The van der Waals surface area contributed by atoms with Crippen LogP contribution in [0.5, 0.6) is 0 Å². The van der Waals surface area contributed by atoms with Crippen LogP contribution in [0.1, 0.15) is 38.4 Å². The number of aromatic nitrogens is 2. The van der Waals surface area contributed by atoms with Crippen LogP contribution in [0, 0.1) is 12.8 Å². The van der Waals surface area contributed by atoms with E-state index in [1.807, 2.05) is 0 Å². The molecule has 0 radical (unpaired) electrons. The van der Waals surface area contributed by atoms with Crippen molar-refractivity contribution in [2.45, 2.75) is 51.6 Å². The molecule has 2 heterocycles. The summed E-state index contributed by atoms with van der Waals surface area (Å²) in [6, 6.07) is -0.555. The molecule has 0 unspecified atom stereocenters. The molecule has 23 heavy (non-hydrogen) atoms. The van der Waals surface area contributed by atoms with Crippen LogP contribution in [0.3, 0.4) is 0 Å². The first-order valence-electron chi connectivity index (χ1n) is 7.85. The molecular weight excluding hydrogens is 298 g/mol. The summed E-state index contributed by atoms with van der Waals surface area (Å²) in [6.45, 7) is 3.92. The predicted molar refractivity (Wildman–Crippen MR) is 80.8 cm³/mol. The Morgan fingerprint density at radius 1 is 1.43 bits per heavy atom. The van der Waals surface area contributed by atoms with Crippen molar-refractivity contribution < 1.29 is 14.4 Å². The maximum Gasteiger partial charge on any atom is 0.344 e. The second kappa shape index (κ2) is 5.68. The van der Waals surface area contributed by atoms with E-state index >= 15 is 0 Å². The molecule has 1 aromatic heterocycles. The van der Waals surface area contributed by atoms with Crippen LogP contribution in [0.4, 0.5) is 4.79 Å². The molecule has 124 valence electrons. The molecule has 1 saturated heterocycles. The van der Waals surface area contributed by atoms with Gasteiger partial charge < -0.3 is 9.88 Å². The zero-order chi connectivity index (χ0) is 16.6. The largest absolute Gasteiger partial charge is 0.344 e. The number of hydrogen-bond donors (Lipinski definition) is 2. The molecule has 1 aliphatic carbocycles. The van der Waals surface area contributed by atoms with Crippen molar-refractivity contribution in [1.82, 2.24) is 25.3 Å². The van der Waals surface area contributed by atoms with Gasteiger partial charge in [0.1, 0.15) is 17.9 Å². The van der Waals surface area contributed by atoms with Gasteiger partial charge in [0.05, 0.1) is 0 Å². The smallest absolute Gasteiger partial charge is 0.326 e. The molecule has 2 N–H and O–H groups in total. The number of hydrazine groups is 1. The molecule has 0 aromatic carbocycles. The summed E-state index contributed by atoms with van der Waals surface area (Å²) in [5, 5.41) is 3.59. The van der Waals surface area contributed by atoms with Crippen LogP contribution in [0.2, 0.25) is 0 Å². The maximum atomic E-state index is 12.6. The lowest BCUT2D eigenvalue weighted by Crippen LogP contribution is -2.52. The van der Waals surface area contributed by atoms with Gasteiger partial charge in [-0.3, -0.25) is 15.0 Å². The third-order valence-corrected chi connectivity index (χ3v) is 4.76. The summed E-state index contributed by atoms with van der Waals surface area (Å²) < 4.78 is 1.64. The summed E-state index contributed by atoms with van der Waals surface area (Å²) in [7, 11) is 0. The van der Waals surface area contributed by atoms with Gasteiger partial charge in [0, 0.05) is 12.4 Å². The Morgan fingerprint density at radius 2 is 2.13 bits per heavy atom. The summed E-state index contributed by atoms with van der Waals surface area (Å²) in [5.41, 5.74) is 1.57. The number of imidazole rings is 1. The SMILES string of the molecule is Cc1nccn1CC(=O)NN1C(=O)NC2(CCC(C)CC2)C1=O. The average Bonchev–Trinajstić information content (AvgIpc) is 3.00. The quantitative estimate of drug-likeness (QED) is 0.803. The van der Waals surface area contributed by atoms with Crippen molar-refractivity contribution in [3.05, 3.63) is 18.2 Å². The van der Waals surface area contributed by atoms with E-state index in [2.05, 4.69) is 22.7 Å². The van der Waals surface area contributed by atoms with Crippen LogP contribution in [0.15, 0.2) is 12.4 Å². The number of rotatable bonds is 3. The minimum Gasteiger partial charge on any atom is -0.326 e. The first-order chi connectivity index (χ1) is 10.9. The number of nitrogens with one attached hydrogen (secondary N) is 2. The monoisotopic (exact) mass is 319 g/mol. The molecule has 4 amide bonds. The minimum atomic E-state index is -0.845. The maximum absolute atomic E-state index is 12.6. The normalized spacial score (nSPS) is 27.4. The van der Waals surface area contributed by atoms with E-state index in [-0.39, 0.29) is 12.5 Å². The van der Waals surface area contributed by atoms with Gasteiger partial charge in [-0.2, -0.15) is 5.01 Å². The topological polar surface area (TPSA) is 96.3 Å². The van der Waals surface area contributed by atoms with Crippen LogP contribution in [0.25, 0.3) is 0 Å². The van der Waals surface area contributed by atoms with E-state index in [0.717, 1.165) is 17.9 Å². The number of urea groups is 1. The van der Waals surface area contributed by atoms with Gasteiger partial charge in [-0.1, -0.05) is 6.92 Å². The Labute approximate surface area is 134 Å².